The fraction of sp³-hybridized carbons (Fsp3) is 0.139. The molecule has 0 saturated heterocycles. The molecule has 6 nitrogen and oxygen atoms in total. The first kappa shape index (κ1) is 33.7. The number of benzene rings is 4. The number of thioether (sulfide) groups is 1. The van der Waals surface area contributed by atoms with Gasteiger partial charge in [0.15, 0.2) is 4.80 Å². The number of rotatable bonds is 9. The quantitative estimate of drug-likeness (QED) is 0.0849. The molecule has 4 aromatic carbocycles. The predicted molar refractivity (Wildman–Crippen MR) is 202 cm³/mol. The lowest BCUT2D eigenvalue weighted by Crippen LogP contribution is -2.40. The third-order valence-electron chi connectivity index (χ3n) is 7.46. The lowest BCUT2D eigenvalue weighted by atomic mass is 9.93. The molecule has 1 aliphatic rings. The number of fused-ring (bicyclic) bond motifs is 1. The molecule has 0 bridgehead atoms. The van der Waals surface area contributed by atoms with Gasteiger partial charge in [0.1, 0.15) is 12.4 Å². The normalized spacial score (nSPS) is 14.5. The van der Waals surface area contributed by atoms with Gasteiger partial charge in [-0.1, -0.05) is 99.5 Å². The molecule has 0 unspecified atom stereocenters. The van der Waals surface area contributed by atoms with Gasteiger partial charge in [0.25, 0.3) is 5.56 Å². The number of nitrogens with zero attached hydrogens (tertiary/aromatic N) is 2. The summed E-state index contributed by atoms with van der Waals surface area (Å²) in [7, 11) is 0. The molecule has 0 saturated carbocycles. The van der Waals surface area contributed by atoms with Crippen molar-refractivity contribution in [2.75, 3.05) is 12.9 Å². The minimum absolute atomic E-state index is 0.186. The maximum atomic E-state index is 14.4. The van der Waals surface area contributed by atoms with E-state index in [0.717, 1.165) is 35.2 Å². The molecule has 0 fully saturated rings. The number of hydrogen-bond acceptors (Lipinski definition) is 7. The number of carbonyl (C=O) groups excluding carboxylic acids is 1. The largest absolute Gasteiger partial charge is 0.487 e. The standard InChI is InChI=1S/C36H27BrClIN2O4S2/c1-3-44-35(43)30-31(21-9-5-4-6-10-21)40-36-41(32(30)22-13-15-26(46-2)16-14-22)34(42)29(47-36)18-24-17-25(37)19-28(39)33(24)45-20-23-11-7-8-12-27(23)38/h4-19,32H,3,20H2,1-2H3/b29-18-/t32-/m1/s1. The van der Waals surface area contributed by atoms with E-state index in [9.17, 15) is 9.59 Å². The molecule has 47 heavy (non-hydrogen) atoms. The van der Waals surface area contributed by atoms with Gasteiger partial charge >= 0.3 is 5.97 Å². The topological polar surface area (TPSA) is 69.9 Å². The third kappa shape index (κ3) is 7.17. The predicted octanol–water partition coefficient (Wildman–Crippen LogP) is 8.26. The summed E-state index contributed by atoms with van der Waals surface area (Å²) in [6, 6.07) is 28.1. The Morgan fingerprint density at radius 3 is 2.51 bits per heavy atom. The Morgan fingerprint density at radius 1 is 1.09 bits per heavy atom. The average Bonchev–Trinajstić information content (AvgIpc) is 3.38. The summed E-state index contributed by atoms with van der Waals surface area (Å²) in [4.78, 5) is 34.7. The van der Waals surface area contributed by atoms with Crippen molar-refractivity contribution in [2.45, 2.75) is 24.5 Å². The van der Waals surface area contributed by atoms with Crippen LogP contribution in [0, 0.1) is 3.57 Å². The van der Waals surface area contributed by atoms with E-state index in [4.69, 9.17) is 26.1 Å². The Bertz CT molecular complexity index is 2180. The SMILES string of the molecule is CCOC(=O)C1=C(c2ccccc2)N=c2s/c(=C\c3cc(Br)cc(I)c3OCc3ccccc3Cl)c(=O)n2[C@@H]1c1ccc(SC)cc1. The third-order valence-corrected chi connectivity index (χ3v) is 10.8. The summed E-state index contributed by atoms with van der Waals surface area (Å²) in [5.41, 5.74) is 3.64. The lowest BCUT2D eigenvalue weighted by molar-refractivity contribution is -0.138. The van der Waals surface area contributed by atoms with Gasteiger partial charge in [-0.15, -0.1) is 11.8 Å². The van der Waals surface area contributed by atoms with Crippen molar-refractivity contribution in [3.05, 3.63) is 152 Å². The minimum Gasteiger partial charge on any atom is -0.487 e. The molecule has 0 spiro atoms. The molecular formula is C36H27BrClIN2O4S2. The second-order valence-corrected chi connectivity index (χ2v) is 14.8. The van der Waals surface area contributed by atoms with Gasteiger partial charge in [0.05, 0.1) is 32.0 Å². The van der Waals surface area contributed by atoms with Crippen LogP contribution in [0.5, 0.6) is 5.75 Å². The van der Waals surface area contributed by atoms with E-state index >= 15 is 0 Å². The number of hydrogen-bond donors (Lipinski definition) is 0. The van der Waals surface area contributed by atoms with Gasteiger partial charge in [-0.25, -0.2) is 9.79 Å². The van der Waals surface area contributed by atoms with Gasteiger partial charge < -0.3 is 9.47 Å². The van der Waals surface area contributed by atoms with E-state index in [1.165, 1.54) is 11.3 Å². The molecule has 238 valence electrons. The van der Waals surface area contributed by atoms with E-state index in [2.05, 4.69) is 38.5 Å². The van der Waals surface area contributed by atoms with Crippen molar-refractivity contribution < 1.29 is 14.3 Å². The minimum atomic E-state index is -0.753. The Hall–Kier alpha value is -3.16. The molecule has 11 heteroatoms. The maximum Gasteiger partial charge on any atom is 0.338 e. The van der Waals surface area contributed by atoms with Crippen LogP contribution in [0.4, 0.5) is 0 Å². The Morgan fingerprint density at radius 2 is 1.81 bits per heavy atom. The first-order chi connectivity index (χ1) is 22.8. The highest BCUT2D eigenvalue weighted by Crippen LogP contribution is 2.36. The molecule has 0 amide bonds. The van der Waals surface area contributed by atoms with Crippen LogP contribution < -0.4 is 19.6 Å². The van der Waals surface area contributed by atoms with Crippen molar-refractivity contribution in [3.63, 3.8) is 0 Å². The number of esters is 1. The van der Waals surface area contributed by atoms with Crippen LogP contribution in [-0.4, -0.2) is 23.4 Å². The van der Waals surface area contributed by atoms with Crippen molar-refractivity contribution in [2.24, 2.45) is 4.99 Å². The smallest absolute Gasteiger partial charge is 0.338 e. The van der Waals surface area contributed by atoms with Crippen LogP contribution in [0.25, 0.3) is 11.8 Å². The van der Waals surface area contributed by atoms with E-state index < -0.39 is 12.0 Å². The summed E-state index contributed by atoms with van der Waals surface area (Å²) in [5.74, 6) is 0.112. The van der Waals surface area contributed by atoms with Crippen molar-refractivity contribution >= 4 is 91.0 Å². The molecule has 1 atom stereocenters. The van der Waals surface area contributed by atoms with E-state index in [-0.39, 0.29) is 18.8 Å². The summed E-state index contributed by atoms with van der Waals surface area (Å²) < 4.78 is 15.7. The summed E-state index contributed by atoms with van der Waals surface area (Å²) >= 11 is 15.1. The zero-order valence-corrected chi connectivity index (χ0v) is 31.3. The first-order valence-corrected chi connectivity index (χ1v) is 18.9. The number of carbonyl (C=O) groups is 1. The fourth-order valence-electron chi connectivity index (χ4n) is 5.29. The van der Waals surface area contributed by atoms with Gasteiger partial charge in [-0.05, 0) is 77.7 Å². The number of thiazole rings is 1. The fourth-order valence-corrected chi connectivity index (χ4v) is 8.58. The molecule has 0 N–H and O–H groups in total. The monoisotopic (exact) mass is 856 g/mol. The van der Waals surface area contributed by atoms with Gasteiger partial charge in [0, 0.05) is 31.1 Å². The molecule has 1 aromatic heterocycles. The molecule has 5 aromatic rings. The molecular weight excluding hydrogens is 831 g/mol. The molecule has 2 heterocycles. The van der Waals surface area contributed by atoms with E-state index in [0.29, 0.717) is 31.4 Å². The number of ether oxygens (including phenoxy) is 2. The second-order valence-electron chi connectivity index (χ2n) is 10.4. The molecule has 6 rings (SSSR count). The van der Waals surface area contributed by atoms with Gasteiger partial charge in [0.2, 0.25) is 0 Å². The van der Waals surface area contributed by atoms with Crippen molar-refractivity contribution in [1.82, 2.24) is 4.57 Å². The van der Waals surface area contributed by atoms with Gasteiger partial charge in [-0.3, -0.25) is 9.36 Å². The number of aromatic nitrogens is 1. The van der Waals surface area contributed by atoms with E-state index in [1.807, 2.05) is 103 Å². The van der Waals surface area contributed by atoms with Crippen LogP contribution in [0.1, 0.15) is 35.2 Å². The van der Waals surface area contributed by atoms with Crippen molar-refractivity contribution in [3.8, 4) is 5.75 Å². The van der Waals surface area contributed by atoms with Crippen molar-refractivity contribution in [1.29, 1.82) is 0 Å². The lowest BCUT2D eigenvalue weighted by Gasteiger charge is -2.26. The molecule has 0 radical (unpaired) electrons. The zero-order chi connectivity index (χ0) is 33.1. The van der Waals surface area contributed by atoms with E-state index in [1.54, 1.807) is 23.3 Å². The van der Waals surface area contributed by atoms with Crippen LogP contribution >= 0.6 is 73.2 Å². The number of halogens is 3. The average molecular weight is 858 g/mol. The van der Waals surface area contributed by atoms with Crippen LogP contribution in [-0.2, 0) is 16.1 Å². The highest BCUT2D eigenvalue weighted by Gasteiger charge is 2.35. The van der Waals surface area contributed by atoms with Crippen LogP contribution in [0.3, 0.4) is 0 Å². The van der Waals surface area contributed by atoms with Gasteiger partial charge in [-0.2, -0.15) is 0 Å². The summed E-state index contributed by atoms with van der Waals surface area (Å²) in [6.45, 7) is 2.21. The Balaban J connectivity index is 1.56. The van der Waals surface area contributed by atoms with Crippen LogP contribution in [0.15, 0.2) is 116 Å². The highest BCUT2D eigenvalue weighted by molar-refractivity contribution is 14.1. The zero-order valence-electron chi connectivity index (χ0n) is 25.2. The molecule has 1 aliphatic heterocycles. The Kier molecular flexibility index (Phi) is 10.7. The first-order valence-electron chi connectivity index (χ1n) is 14.6. The van der Waals surface area contributed by atoms with Crippen LogP contribution in [0.2, 0.25) is 5.02 Å². The summed E-state index contributed by atoms with van der Waals surface area (Å²) in [5, 5.41) is 0.617. The maximum absolute atomic E-state index is 14.4. The Labute approximate surface area is 307 Å². The summed E-state index contributed by atoms with van der Waals surface area (Å²) in [6.07, 6.45) is 3.83. The highest BCUT2D eigenvalue weighted by atomic mass is 127. The molecule has 0 aliphatic carbocycles. The second kappa shape index (κ2) is 14.9.